The summed E-state index contributed by atoms with van der Waals surface area (Å²) < 4.78 is 17.9. The minimum Gasteiger partial charge on any atom is -0.444 e. The molecule has 0 bridgehead atoms. The standard InChI is InChI=1S/C22H35BN2O4S/c1-20(2,3)27-19(26)25-10-8-24(9-11-25)15-16-12-17(14-18(30)13-16)23-28-21(4,5)22(6,7)29-23/h12-14,30H,8-11,15H2,1-7H3. The Balaban J connectivity index is 1.62. The van der Waals surface area contributed by atoms with Crippen LogP contribution in [0.4, 0.5) is 4.79 Å². The third kappa shape index (κ3) is 5.52. The van der Waals surface area contributed by atoms with Gasteiger partial charge in [-0.05, 0) is 71.6 Å². The van der Waals surface area contributed by atoms with Gasteiger partial charge in [-0.15, -0.1) is 12.6 Å². The number of hydrogen-bond acceptors (Lipinski definition) is 6. The maximum absolute atomic E-state index is 12.3. The van der Waals surface area contributed by atoms with E-state index in [1.54, 1.807) is 4.90 Å². The lowest BCUT2D eigenvalue weighted by Gasteiger charge is -2.35. The molecule has 0 N–H and O–H groups in total. The van der Waals surface area contributed by atoms with Crippen LogP contribution in [0.2, 0.25) is 0 Å². The minimum absolute atomic E-state index is 0.234. The van der Waals surface area contributed by atoms with Gasteiger partial charge in [-0.1, -0.05) is 6.07 Å². The Hall–Kier alpha value is -1.22. The molecule has 1 aromatic rings. The van der Waals surface area contributed by atoms with Crippen molar-refractivity contribution in [1.29, 1.82) is 0 Å². The van der Waals surface area contributed by atoms with Crippen LogP contribution in [0.25, 0.3) is 0 Å². The number of benzene rings is 1. The second-order valence-electron chi connectivity index (χ2n) is 10.3. The van der Waals surface area contributed by atoms with Crippen LogP contribution in [0.1, 0.15) is 54.0 Å². The molecule has 0 unspecified atom stereocenters. The fourth-order valence-electron chi connectivity index (χ4n) is 3.58. The normalized spacial score (nSPS) is 21.7. The van der Waals surface area contributed by atoms with Gasteiger partial charge in [0.15, 0.2) is 0 Å². The number of ether oxygens (including phenoxy) is 1. The lowest BCUT2D eigenvalue weighted by Crippen LogP contribution is -2.49. The monoisotopic (exact) mass is 434 g/mol. The van der Waals surface area contributed by atoms with Crippen LogP contribution in [0.15, 0.2) is 23.1 Å². The van der Waals surface area contributed by atoms with Crippen molar-refractivity contribution in [3.8, 4) is 0 Å². The third-order valence-electron chi connectivity index (χ3n) is 5.96. The van der Waals surface area contributed by atoms with Crippen molar-refractivity contribution in [2.24, 2.45) is 0 Å². The molecule has 0 aromatic heterocycles. The topological polar surface area (TPSA) is 51.2 Å². The molecule has 3 rings (SSSR count). The molecule has 0 saturated carbocycles. The lowest BCUT2D eigenvalue weighted by molar-refractivity contribution is 0.00578. The fraction of sp³-hybridized carbons (Fsp3) is 0.682. The molecular formula is C22H35BN2O4S. The molecule has 1 aromatic carbocycles. The third-order valence-corrected chi connectivity index (χ3v) is 6.21. The van der Waals surface area contributed by atoms with Crippen LogP contribution in [-0.2, 0) is 20.6 Å². The molecule has 2 aliphatic rings. The summed E-state index contributed by atoms with van der Waals surface area (Å²) in [5.41, 5.74) is 0.942. The van der Waals surface area contributed by atoms with E-state index in [4.69, 9.17) is 14.0 Å². The van der Waals surface area contributed by atoms with Crippen molar-refractivity contribution in [3.05, 3.63) is 23.8 Å². The summed E-state index contributed by atoms with van der Waals surface area (Å²) in [6.07, 6.45) is -0.234. The number of hydrogen-bond donors (Lipinski definition) is 1. The molecule has 2 fully saturated rings. The SMILES string of the molecule is CC(C)(C)OC(=O)N1CCN(Cc2cc(S)cc(B3OC(C)(C)C(C)(C)O3)c2)CC1. The maximum atomic E-state index is 12.3. The number of carbonyl (C=O) groups is 1. The van der Waals surface area contributed by atoms with Gasteiger partial charge in [-0.2, -0.15) is 0 Å². The summed E-state index contributed by atoms with van der Waals surface area (Å²) in [4.78, 5) is 17.3. The second kappa shape index (κ2) is 8.38. The van der Waals surface area contributed by atoms with Gasteiger partial charge in [0.25, 0.3) is 0 Å². The molecule has 30 heavy (non-hydrogen) atoms. The quantitative estimate of drug-likeness (QED) is 0.584. The average Bonchev–Trinajstić information content (AvgIpc) is 2.81. The van der Waals surface area contributed by atoms with Gasteiger partial charge < -0.3 is 18.9 Å². The van der Waals surface area contributed by atoms with Gasteiger partial charge in [0, 0.05) is 37.6 Å². The van der Waals surface area contributed by atoms with Gasteiger partial charge in [-0.3, -0.25) is 4.90 Å². The zero-order chi connectivity index (χ0) is 22.3. The summed E-state index contributed by atoms with van der Waals surface area (Å²) in [6, 6.07) is 6.23. The fourth-order valence-corrected chi connectivity index (χ4v) is 3.89. The molecule has 0 atom stereocenters. The average molecular weight is 434 g/mol. The largest absolute Gasteiger partial charge is 0.494 e. The molecule has 6 nitrogen and oxygen atoms in total. The van der Waals surface area contributed by atoms with Crippen LogP contribution in [-0.4, -0.2) is 66.0 Å². The molecule has 0 aliphatic carbocycles. The number of thiol groups is 1. The summed E-state index contributed by atoms with van der Waals surface area (Å²) in [5, 5.41) is 0. The molecule has 8 heteroatoms. The van der Waals surface area contributed by atoms with Gasteiger partial charge in [-0.25, -0.2) is 4.79 Å². The van der Waals surface area contributed by atoms with E-state index in [0.717, 1.165) is 35.6 Å². The Morgan fingerprint density at radius 3 is 2.17 bits per heavy atom. The molecule has 0 spiro atoms. The highest BCUT2D eigenvalue weighted by Gasteiger charge is 2.51. The highest BCUT2D eigenvalue weighted by atomic mass is 32.1. The first-order valence-electron chi connectivity index (χ1n) is 10.6. The van der Waals surface area contributed by atoms with Gasteiger partial charge >= 0.3 is 13.2 Å². The van der Waals surface area contributed by atoms with Crippen LogP contribution in [0.3, 0.4) is 0 Å². The Bertz CT molecular complexity index is 770. The van der Waals surface area contributed by atoms with Crippen molar-refractivity contribution in [3.63, 3.8) is 0 Å². The first-order chi connectivity index (χ1) is 13.8. The van der Waals surface area contributed by atoms with Crippen LogP contribution in [0.5, 0.6) is 0 Å². The van der Waals surface area contributed by atoms with Gasteiger partial charge in [0.1, 0.15) is 5.60 Å². The highest BCUT2D eigenvalue weighted by Crippen LogP contribution is 2.36. The van der Waals surface area contributed by atoms with Crippen molar-refractivity contribution in [1.82, 2.24) is 9.80 Å². The van der Waals surface area contributed by atoms with Crippen molar-refractivity contribution in [2.45, 2.75) is 76.7 Å². The van der Waals surface area contributed by atoms with E-state index >= 15 is 0 Å². The zero-order valence-corrected chi connectivity index (χ0v) is 20.2. The highest BCUT2D eigenvalue weighted by molar-refractivity contribution is 7.80. The van der Waals surface area contributed by atoms with Crippen molar-refractivity contribution in [2.75, 3.05) is 26.2 Å². The predicted molar refractivity (Wildman–Crippen MR) is 122 cm³/mol. The van der Waals surface area contributed by atoms with E-state index in [1.165, 1.54) is 0 Å². The van der Waals surface area contributed by atoms with Crippen molar-refractivity contribution < 1.29 is 18.8 Å². The minimum atomic E-state index is -0.467. The first kappa shape index (κ1) is 23.4. The Labute approximate surface area is 186 Å². The Morgan fingerprint density at radius 1 is 1.07 bits per heavy atom. The van der Waals surface area contributed by atoms with E-state index in [9.17, 15) is 4.79 Å². The van der Waals surface area contributed by atoms with E-state index in [1.807, 2.05) is 26.8 Å². The summed E-state index contributed by atoms with van der Waals surface area (Å²) >= 11 is 4.60. The molecule has 166 valence electrons. The van der Waals surface area contributed by atoms with Crippen LogP contribution >= 0.6 is 12.6 Å². The summed E-state index contributed by atoms with van der Waals surface area (Å²) in [5.74, 6) is 0. The number of rotatable bonds is 3. The summed E-state index contributed by atoms with van der Waals surface area (Å²) in [7, 11) is -0.398. The smallest absolute Gasteiger partial charge is 0.444 e. The summed E-state index contributed by atoms with van der Waals surface area (Å²) in [6.45, 7) is 17.7. The molecule has 2 saturated heterocycles. The van der Waals surface area contributed by atoms with Crippen LogP contribution < -0.4 is 5.46 Å². The van der Waals surface area contributed by atoms with Crippen molar-refractivity contribution >= 4 is 31.3 Å². The van der Waals surface area contributed by atoms with E-state index in [0.29, 0.717) is 13.1 Å². The Morgan fingerprint density at radius 2 is 1.63 bits per heavy atom. The lowest BCUT2D eigenvalue weighted by atomic mass is 9.78. The second-order valence-corrected chi connectivity index (χ2v) is 10.8. The zero-order valence-electron chi connectivity index (χ0n) is 19.3. The number of nitrogens with zero attached hydrogens (tertiary/aromatic N) is 2. The molecule has 1 amide bonds. The van der Waals surface area contributed by atoms with E-state index in [-0.39, 0.29) is 17.3 Å². The molecule has 2 aliphatic heterocycles. The first-order valence-corrected chi connectivity index (χ1v) is 11.1. The number of amides is 1. The van der Waals surface area contributed by atoms with Crippen LogP contribution in [0, 0.1) is 0 Å². The molecular weight excluding hydrogens is 399 g/mol. The van der Waals surface area contributed by atoms with Gasteiger partial charge in [0.2, 0.25) is 0 Å². The Kier molecular flexibility index (Phi) is 6.55. The van der Waals surface area contributed by atoms with E-state index in [2.05, 4.69) is 57.4 Å². The molecule has 0 radical (unpaired) electrons. The maximum Gasteiger partial charge on any atom is 0.494 e. The van der Waals surface area contributed by atoms with Gasteiger partial charge in [0.05, 0.1) is 11.2 Å². The number of piperazine rings is 1. The number of carbonyl (C=O) groups excluding carboxylic acids is 1. The predicted octanol–water partition coefficient (Wildman–Crippen LogP) is 3.33. The molecule has 2 heterocycles. The van der Waals surface area contributed by atoms with E-state index < -0.39 is 12.7 Å².